The third kappa shape index (κ3) is 3.84. The molecule has 0 saturated carbocycles. The van der Waals surface area contributed by atoms with Crippen molar-refractivity contribution >= 4 is 27.8 Å². The summed E-state index contributed by atoms with van der Waals surface area (Å²) in [5, 5.41) is 20.2. The van der Waals surface area contributed by atoms with Crippen LogP contribution in [0.15, 0.2) is 39.6 Å². The van der Waals surface area contributed by atoms with E-state index >= 15 is 0 Å². The number of aromatic carboxylic acids is 1. The maximum absolute atomic E-state index is 12.0. The predicted octanol–water partition coefficient (Wildman–Crippen LogP) is 1.64. The summed E-state index contributed by atoms with van der Waals surface area (Å²) in [6.45, 7) is 0.169. The van der Waals surface area contributed by atoms with Crippen molar-refractivity contribution in [3.8, 4) is 6.07 Å². The van der Waals surface area contributed by atoms with Gasteiger partial charge in [0.15, 0.2) is 0 Å². The smallest absolute Gasteiger partial charge is 0.353 e. The molecule has 0 fully saturated rings. The van der Waals surface area contributed by atoms with Gasteiger partial charge in [-0.05, 0) is 39.7 Å². The molecular formula is C15H10BrN3O4. The number of H-pyrrole nitrogens is 1. The molecule has 0 spiro atoms. The molecule has 23 heavy (non-hydrogen) atoms. The standard InChI is InChI=1S/C15H10BrN3O4/c16-11-5-10(14(21)19-12(11)15(22)23)13(20)18-7-9-3-1-8(6-17)2-4-9/h1-5H,7H2,(H,18,20)(H,19,21)(H,22,23). The summed E-state index contributed by atoms with van der Waals surface area (Å²) < 4.78 is 0.105. The lowest BCUT2D eigenvalue weighted by atomic mass is 10.1. The summed E-state index contributed by atoms with van der Waals surface area (Å²) >= 11 is 3.00. The summed E-state index contributed by atoms with van der Waals surface area (Å²) in [5.74, 6) is -1.94. The van der Waals surface area contributed by atoms with Crippen LogP contribution in [-0.4, -0.2) is 22.0 Å². The van der Waals surface area contributed by atoms with Crippen LogP contribution >= 0.6 is 15.9 Å². The number of carboxylic acid groups (broad SMARTS) is 1. The minimum absolute atomic E-state index is 0.105. The van der Waals surface area contributed by atoms with Crippen molar-refractivity contribution in [2.45, 2.75) is 6.54 Å². The molecule has 2 aromatic rings. The number of carboxylic acids is 1. The van der Waals surface area contributed by atoms with Gasteiger partial charge in [-0.1, -0.05) is 12.1 Å². The average Bonchev–Trinajstić information content (AvgIpc) is 2.54. The lowest BCUT2D eigenvalue weighted by Gasteiger charge is -2.06. The maximum atomic E-state index is 12.0. The quantitative estimate of drug-likeness (QED) is 0.749. The number of nitriles is 1. The van der Waals surface area contributed by atoms with Crippen LogP contribution in [0.2, 0.25) is 0 Å². The highest BCUT2D eigenvalue weighted by Crippen LogP contribution is 2.14. The fourth-order valence-electron chi connectivity index (χ4n) is 1.80. The van der Waals surface area contributed by atoms with Crippen LogP contribution in [0.5, 0.6) is 0 Å². The lowest BCUT2D eigenvalue weighted by Crippen LogP contribution is -2.30. The number of pyridine rings is 1. The Morgan fingerprint density at radius 1 is 1.30 bits per heavy atom. The zero-order valence-electron chi connectivity index (χ0n) is 11.6. The fourth-order valence-corrected chi connectivity index (χ4v) is 2.30. The van der Waals surface area contributed by atoms with E-state index in [9.17, 15) is 14.4 Å². The molecule has 1 amide bonds. The largest absolute Gasteiger partial charge is 0.477 e. The van der Waals surface area contributed by atoms with Gasteiger partial charge in [-0.2, -0.15) is 5.26 Å². The molecule has 1 aromatic heterocycles. The van der Waals surface area contributed by atoms with Crippen molar-refractivity contribution in [2.75, 3.05) is 0 Å². The number of aromatic amines is 1. The highest BCUT2D eigenvalue weighted by molar-refractivity contribution is 9.10. The van der Waals surface area contributed by atoms with Gasteiger partial charge >= 0.3 is 5.97 Å². The second-order valence-corrected chi connectivity index (χ2v) is 5.39. The molecule has 3 N–H and O–H groups in total. The topological polar surface area (TPSA) is 123 Å². The second-order valence-electron chi connectivity index (χ2n) is 4.53. The van der Waals surface area contributed by atoms with Gasteiger partial charge < -0.3 is 15.4 Å². The molecule has 0 aliphatic rings. The van der Waals surface area contributed by atoms with E-state index < -0.39 is 17.4 Å². The van der Waals surface area contributed by atoms with E-state index in [1.807, 2.05) is 6.07 Å². The molecule has 0 bridgehead atoms. The summed E-state index contributed by atoms with van der Waals surface area (Å²) in [4.78, 5) is 36.9. The number of nitrogens with zero attached hydrogens (tertiary/aromatic N) is 1. The number of aromatic nitrogens is 1. The SMILES string of the molecule is N#Cc1ccc(CNC(=O)c2cc(Br)c(C(=O)O)[nH]c2=O)cc1. The van der Waals surface area contributed by atoms with Gasteiger partial charge in [-0.15, -0.1) is 0 Å². The monoisotopic (exact) mass is 375 g/mol. The lowest BCUT2D eigenvalue weighted by molar-refractivity contribution is 0.0688. The number of amides is 1. The Labute approximate surface area is 138 Å². The molecular weight excluding hydrogens is 366 g/mol. The van der Waals surface area contributed by atoms with Crippen molar-refractivity contribution in [1.82, 2.24) is 10.3 Å². The van der Waals surface area contributed by atoms with Gasteiger partial charge in [0.05, 0.1) is 11.6 Å². The van der Waals surface area contributed by atoms with Crippen molar-refractivity contribution in [3.05, 3.63) is 67.5 Å². The molecule has 0 aliphatic heterocycles. The van der Waals surface area contributed by atoms with Crippen LogP contribution in [0, 0.1) is 11.3 Å². The number of hydrogen-bond acceptors (Lipinski definition) is 4. The number of halogens is 1. The summed E-state index contributed by atoms with van der Waals surface area (Å²) in [6, 6.07) is 9.76. The van der Waals surface area contributed by atoms with E-state index in [1.54, 1.807) is 24.3 Å². The Balaban J connectivity index is 2.14. The number of benzene rings is 1. The molecule has 8 heteroatoms. The number of carbonyl (C=O) groups is 2. The van der Waals surface area contributed by atoms with Crippen LogP contribution in [0.4, 0.5) is 0 Å². The van der Waals surface area contributed by atoms with E-state index in [4.69, 9.17) is 10.4 Å². The van der Waals surface area contributed by atoms with Gasteiger partial charge in [0, 0.05) is 11.0 Å². The number of hydrogen-bond donors (Lipinski definition) is 3. The average molecular weight is 376 g/mol. The Bertz CT molecular complexity index is 866. The molecule has 0 radical (unpaired) electrons. The third-order valence-electron chi connectivity index (χ3n) is 2.99. The molecule has 7 nitrogen and oxygen atoms in total. The summed E-state index contributed by atoms with van der Waals surface area (Å²) in [7, 11) is 0. The summed E-state index contributed by atoms with van der Waals surface area (Å²) in [6.07, 6.45) is 0. The maximum Gasteiger partial charge on any atom is 0.353 e. The molecule has 0 unspecified atom stereocenters. The minimum Gasteiger partial charge on any atom is -0.477 e. The van der Waals surface area contributed by atoms with Crippen LogP contribution < -0.4 is 10.9 Å². The van der Waals surface area contributed by atoms with Gasteiger partial charge in [0.1, 0.15) is 11.3 Å². The molecule has 116 valence electrons. The number of carbonyl (C=O) groups excluding carboxylic acids is 1. The predicted molar refractivity (Wildman–Crippen MR) is 84.0 cm³/mol. The number of rotatable bonds is 4. The van der Waals surface area contributed by atoms with E-state index in [0.29, 0.717) is 5.56 Å². The Morgan fingerprint density at radius 3 is 2.52 bits per heavy atom. The number of nitrogens with one attached hydrogen (secondary N) is 2. The van der Waals surface area contributed by atoms with Crippen LogP contribution in [0.25, 0.3) is 0 Å². The Kier molecular flexibility index (Phi) is 4.93. The molecule has 0 saturated heterocycles. The first-order valence-electron chi connectivity index (χ1n) is 6.35. The zero-order chi connectivity index (χ0) is 17.0. The fraction of sp³-hybridized carbons (Fsp3) is 0.0667. The van der Waals surface area contributed by atoms with Crippen LogP contribution in [0.1, 0.15) is 32.0 Å². The van der Waals surface area contributed by atoms with Crippen LogP contribution in [-0.2, 0) is 6.54 Å². The van der Waals surface area contributed by atoms with E-state index in [2.05, 4.69) is 26.2 Å². The van der Waals surface area contributed by atoms with Crippen molar-refractivity contribution in [1.29, 1.82) is 5.26 Å². The Morgan fingerprint density at radius 2 is 1.96 bits per heavy atom. The van der Waals surface area contributed by atoms with E-state index in [0.717, 1.165) is 11.6 Å². The molecule has 0 aliphatic carbocycles. The molecule has 2 rings (SSSR count). The van der Waals surface area contributed by atoms with Crippen LogP contribution in [0.3, 0.4) is 0 Å². The second kappa shape index (κ2) is 6.89. The summed E-state index contributed by atoms with van der Waals surface area (Å²) in [5.41, 5.74) is -0.0446. The van der Waals surface area contributed by atoms with Gasteiger partial charge in [-0.25, -0.2) is 4.79 Å². The molecule has 0 atom stereocenters. The third-order valence-corrected chi connectivity index (χ3v) is 3.61. The van der Waals surface area contributed by atoms with E-state index in [-0.39, 0.29) is 22.3 Å². The Hall–Kier alpha value is -2.92. The minimum atomic E-state index is -1.31. The van der Waals surface area contributed by atoms with Gasteiger partial charge in [0.2, 0.25) is 0 Å². The normalized spacial score (nSPS) is 9.91. The van der Waals surface area contributed by atoms with Gasteiger partial charge in [0.25, 0.3) is 11.5 Å². The van der Waals surface area contributed by atoms with Crippen molar-refractivity contribution < 1.29 is 14.7 Å². The molecule has 1 aromatic carbocycles. The van der Waals surface area contributed by atoms with Gasteiger partial charge in [-0.3, -0.25) is 9.59 Å². The first-order valence-corrected chi connectivity index (χ1v) is 7.15. The highest BCUT2D eigenvalue weighted by Gasteiger charge is 2.16. The van der Waals surface area contributed by atoms with Crippen molar-refractivity contribution in [2.24, 2.45) is 0 Å². The zero-order valence-corrected chi connectivity index (χ0v) is 13.2. The highest BCUT2D eigenvalue weighted by atomic mass is 79.9. The first-order chi connectivity index (χ1) is 10.9. The molecule has 1 heterocycles. The first kappa shape index (κ1) is 16.5. The van der Waals surface area contributed by atoms with E-state index in [1.165, 1.54) is 0 Å². The van der Waals surface area contributed by atoms with Crippen molar-refractivity contribution in [3.63, 3.8) is 0 Å².